The van der Waals surface area contributed by atoms with Crippen LogP contribution >= 0.6 is 0 Å². The molecule has 1 amide bonds. The van der Waals surface area contributed by atoms with Crippen LogP contribution in [-0.2, 0) is 7.05 Å². The fourth-order valence-electron chi connectivity index (χ4n) is 3.72. The van der Waals surface area contributed by atoms with Crippen molar-refractivity contribution in [1.29, 1.82) is 0 Å². The van der Waals surface area contributed by atoms with Crippen molar-refractivity contribution >= 4 is 16.8 Å². The fourth-order valence-corrected chi connectivity index (χ4v) is 3.72. The summed E-state index contributed by atoms with van der Waals surface area (Å²) >= 11 is 0. The first-order valence-electron chi connectivity index (χ1n) is 9.97. The molecule has 1 aliphatic rings. The molecule has 1 aromatic heterocycles. The average molecular weight is 433 g/mol. The van der Waals surface area contributed by atoms with Crippen molar-refractivity contribution in [2.45, 2.75) is 25.1 Å². The average Bonchev–Trinajstić information content (AvgIpc) is 3.08. The molecule has 2 aromatic carbocycles. The van der Waals surface area contributed by atoms with Crippen LogP contribution in [-0.4, -0.2) is 52.6 Å². The van der Waals surface area contributed by atoms with Gasteiger partial charge in [0.25, 0.3) is 5.91 Å². The normalized spacial score (nSPS) is 15.3. The zero-order chi connectivity index (χ0) is 22.0. The van der Waals surface area contributed by atoms with Crippen LogP contribution < -0.4 is 9.47 Å². The molecular formula is C22H22F3N3O3. The number of rotatable bonds is 5. The van der Waals surface area contributed by atoms with Crippen LogP contribution in [0.25, 0.3) is 10.9 Å². The molecule has 3 aromatic rings. The first-order valence-corrected chi connectivity index (χ1v) is 9.97. The van der Waals surface area contributed by atoms with Gasteiger partial charge in [0.15, 0.2) is 6.61 Å². The second-order valence-corrected chi connectivity index (χ2v) is 7.48. The van der Waals surface area contributed by atoms with Crippen LogP contribution in [0, 0.1) is 0 Å². The van der Waals surface area contributed by atoms with E-state index in [-0.39, 0.29) is 17.8 Å². The maximum atomic E-state index is 13.1. The van der Waals surface area contributed by atoms with E-state index in [1.54, 1.807) is 28.8 Å². The van der Waals surface area contributed by atoms with E-state index < -0.39 is 12.8 Å². The molecule has 0 spiro atoms. The molecule has 0 bridgehead atoms. The maximum Gasteiger partial charge on any atom is 0.422 e. The van der Waals surface area contributed by atoms with Crippen LogP contribution in [0.1, 0.15) is 23.3 Å². The second-order valence-electron chi connectivity index (χ2n) is 7.48. The quantitative estimate of drug-likeness (QED) is 0.605. The molecule has 2 heterocycles. The van der Waals surface area contributed by atoms with Gasteiger partial charge in [0.1, 0.15) is 23.3 Å². The number of likely N-dealkylation sites (tertiary alicyclic amines) is 1. The Morgan fingerprint density at radius 2 is 1.81 bits per heavy atom. The molecule has 6 nitrogen and oxygen atoms in total. The predicted molar refractivity (Wildman–Crippen MR) is 108 cm³/mol. The lowest BCUT2D eigenvalue weighted by atomic mass is 10.1. The Hall–Kier alpha value is -3.23. The van der Waals surface area contributed by atoms with Gasteiger partial charge in [-0.25, -0.2) is 0 Å². The van der Waals surface area contributed by atoms with E-state index in [0.717, 1.165) is 10.9 Å². The molecule has 1 fully saturated rings. The first-order chi connectivity index (χ1) is 14.8. The van der Waals surface area contributed by atoms with Gasteiger partial charge in [-0.1, -0.05) is 24.3 Å². The van der Waals surface area contributed by atoms with Gasteiger partial charge >= 0.3 is 6.18 Å². The van der Waals surface area contributed by atoms with Crippen molar-refractivity contribution < 1.29 is 27.4 Å². The van der Waals surface area contributed by atoms with E-state index >= 15 is 0 Å². The van der Waals surface area contributed by atoms with Gasteiger partial charge in [-0.2, -0.15) is 18.3 Å². The standard InChI is InChI=1S/C22H22F3N3O3/c1-27-20(18-7-2-3-8-19(18)26-27)21(29)28-11-9-15(10-12-28)31-17-6-4-5-16(13-17)30-14-22(23,24)25/h2-8,13,15H,9-12,14H2,1H3. The Bertz CT molecular complexity index is 1070. The molecule has 0 N–H and O–H groups in total. The monoisotopic (exact) mass is 433 g/mol. The van der Waals surface area contributed by atoms with E-state index in [4.69, 9.17) is 9.47 Å². The molecule has 1 saturated heterocycles. The molecule has 0 aliphatic carbocycles. The van der Waals surface area contributed by atoms with Crippen LogP contribution in [0.3, 0.4) is 0 Å². The Morgan fingerprint density at radius 3 is 2.55 bits per heavy atom. The first kappa shape index (κ1) is 21.0. The summed E-state index contributed by atoms with van der Waals surface area (Å²) in [6.45, 7) is -0.305. The van der Waals surface area contributed by atoms with Crippen molar-refractivity contribution in [2.75, 3.05) is 19.7 Å². The van der Waals surface area contributed by atoms with E-state index in [1.165, 1.54) is 12.1 Å². The van der Waals surface area contributed by atoms with Crippen LogP contribution in [0.5, 0.6) is 11.5 Å². The van der Waals surface area contributed by atoms with E-state index in [2.05, 4.69) is 5.10 Å². The number of benzene rings is 2. The van der Waals surface area contributed by atoms with Crippen molar-refractivity contribution in [1.82, 2.24) is 14.7 Å². The van der Waals surface area contributed by atoms with E-state index in [9.17, 15) is 18.0 Å². The highest BCUT2D eigenvalue weighted by atomic mass is 19.4. The number of aromatic nitrogens is 2. The summed E-state index contributed by atoms with van der Waals surface area (Å²) in [6.07, 6.45) is -3.29. The molecule has 4 rings (SSSR count). The second kappa shape index (κ2) is 8.49. The van der Waals surface area contributed by atoms with E-state index in [1.807, 2.05) is 24.3 Å². The molecule has 0 radical (unpaired) electrons. The summed E-state index contributed by atoms with van der Waals surface area (Å²) in [5.41, 5.74) is 1.34. The molecule has 31 heavy (non-hydrogen) atoms. The smallest absolute Gasteiger partial charge is 0.422 e. The van der Waals surface area contributed by atoms with Gasteiger partial charge in [-0.3, -0.25) is 9.48 Å². The van der Waals surface area contributed by atoms with Crippen molar-refractivity contribution in [3.63, 3.8) is 0 Å². The lowest BCUT2D eigenvalue weighted by Gasteiger charge is -2.32. The minimum atomic E-state index is -4.39. The summed E-state index contributed by atoms with van der Waals surface area (Å²) in [6, 6.07) is 13.7. The number of carbonyl (C=O) groups is 1. The number of fused-ring (bicyclic) bond motifs is 1. The number of halogens is 3. The van der Waals surface area contributed by atoms with Gasteiger partial charge in [0.05, 0.1) is 5.52 Å². The fraction of sp³-hybridized carbons (Fsp3) is 0.364. The topological polar surface area (TPSA) is 56.6 Å². The highest BCUT2D eigenvalue weighted by molar-refractivity contribution is 6.05. The summed E-state index contributed by atoms with van der Waals surface area (Å²) in [5.74, 6) is 0.477. The number of hydrogen-bond acceptors (Lipinski definition) is 4. The lowest BCUT2D eigenvalue weighted by molar-refractivity contribution is -0.153. The molecule has 0 saturated carbocycles. The zero-order valence-electron chi connectivity index (χ0n) is 16.9. The Balaban J connectivity index is 1.36. The number of carbonyl (C=O) groups excluding carboxylic acids is 1. The van der Waals surface area contributed by atoms with E-state index in [0.29, 0.717) is 37.4 Å². The third-order valence-corrected chi connectivity index (χ3v) is 5.18. The Labute approximate surface area is 177 Å². The van der Waals surface area contributed by atoms with Crippen LogP contribution in [0.15, 0.2) is 48.5 Å². The number of amides is 1. The molecule has 164 valence electrons. The Kier molecular flexibility index (Phi) is 5.75. The molecule has 0 atom stereocenters. The summed E-state index contributed by atoms with van der Waals surface area (Å²) in [7, 11) is 1.76. The maximum absolute atomic E-state index is 13.1. The van der Waals surface area contributed by atoms with Crippen molar-refractivity contribution in [3.8, 4) is 11.5 Å². The predicted octanol–water partition coefficient (Wildman–Crippen LogP) is 4.20. The highest BCUT2D eigenvalue weighted by Crippen LogP contribution is 2.26. The minimum Gasteiger partial charge on any atom is -0.490 e. The van der Waals surface area contributed by atoms with Gasteiger partial charge in [0, 0.05) is 44.4 Å². The number of nitrogens with zero attached hydrogens (tertiary/aromatic N) is 3. The number of ether oxygens (including phenoxy) is 2. The third kappa shape index (κ3) is 4.92. The molecule has 0 unspecified atom stereocenters. The summed E-state index contributed by atoms with van der Waals surface area (Å²) < 4.78 is 49.3. The molecular weight excluding hydrogens is 411 g/mol. The largest absolute Gasteiger partial charge is 0.490 e. The van der Waals surface area contributed by atoms with Crippen LogP contribution in [0.4, 0.5) is 13.2 Å². The minimum absolute atomic E-state index is 0.0720. The van der Waals surface area contributed by atoms with Crippen molar-refractivity contribution in [2.24, 2.45) is 7.05 Å². The van der Waals surface area contributed by atoms with Gasteiger partial charge in [-0.15, -0.1) is 0 Å². The van der Waals surface area contributed by atoms with Gasteiger partial charge < -0.3 is 14.4 Å². The van der Waals surface area contributed by atoms with Gasteiger partial charge in [0.2, 0.25) is 0 Å². The Morgan fingerprint density at radius 1 is 1.10 bits per heavy atom. The number of piperidine rings is 1. The number of alkyl halides is 3. The number of hydrogen-bond donors (Lipinski definition) is 0. The van der Waals surface area contributed by atoms with Crippen LogP contribution in [0.2, 0.25) is 0 Å². The molecule has 1 aliphatic heterocycles. The zero-order valence-corrected chi connectivity index (χ0v) is 16.9. The summed E-state index contributed by atoms with van der Waals surface area (Å²) in [5, 5.41) is 5.22. The van der Waals surface area contributed by atoms with Gasteiger partial charge in [-0.05, 0) is 18.2 Å². The van der Waals surface area contributed by atoms with Crippen molar-refractivity contribution in [3.05, 3.63) is 54.2 Å². The third-order valence-electron chi connectivity index (χ3n) is 5.18. The SMILES string of the molecule is Cn1nc2ccccc2c1C(=O)N1CCC(Oc2cccc(OCC(F)(F)F)c2)CC1. The lowest BCUT2D eigenvalue weighted by Crippen LogP contribution is -2.42. The molecule has 9 heteroatoms. The highest BCUT2D eigenvalue weighted by Gasteiger charge is 2.29. The summed E-state index contributed by atoms with van der Waals surface area (Å²) in [4.78, 5) is 14.9. The number of aryl methyl sites for hydroxylation is 1.